The second-order valence-electron chi connectivity index (χ2n) is 8.32. The van der Waals surface area contributed by atoms with E-state index in [9.17, 15) is 9.59 Å². The van der Waals surface area contributed by atoms with Gasteiger partial charge in [0.15, 0.2) is 0 Å². The molecule has 3 aromatic carbocycles. The average molecular weight is 429 g/mol. The van der Waals surface area contributed by atoms with Crippen molar-refractivity contribution in [3.8, 4) is 5.75 Å². The van der Waals surface area contributed by atoms with Gasteiger partial charge < -0.3 is 14.5 Å². The molecule has 5 heteroatoms. The van der Waals surface area contributed by atoms with E-state index in [1.807, 2.05) is 85.5 Å². The van der Waals surface area contributed by atoms with Crippen LogP contribution in [0.3, 0.4) is 0 Å². The fraction of sp³-hybridized carbons (Fsp3) is 0.259. The number of fused-ring (bicyclic) bond motifs is 1. The van der Waals surface area contributed by atoms with E-state index in [1.54, 1.807) is 11.8 Å². The Bertz CT molecular complexity index is 1120. The molecule has 164 valence electrons. The molecule has 0 fully saturated rings. The van der Waals surface area contributed by atoms with E-state index >= 15 is 0 Å². The maximum absolute atomic E-state index is 13.1. The molecule has 4 rings (SSSR count). The molecule has 0 N–H and O–H groups in total. The number of ether oxygens (including phenoxy) is 1. The lowest BCUT2D eigenvalue weighted by Gasteiger charge is -2.23. The van der Waals surface area contributed by atoms with Crippen molar-refractivity contribution in [2.75, 3.05) is 18.1 Å². The van der Waals surface area contributed by atoms with E-state index in [-0.39, 0.29) is 11.8 Å². The van der Waals surface area contributed by atoms with Crippen molar-refractivity contribution < 1.29 is 14.3 Å². The van der Waals surface area contributed by atoms with Crippen LogP contribution in [0, 0.1) is 13.8 Å². The van der Waals surface area contributed by atoms with E-state index in [2.05, 4.69) is 0 Å². The summed E-state index contributed by atoms with van der Waals surface area (Å²) in [5.41, 5.74) is 5.76. The molecular formula is C27H28N2O3. The largest absolute Gasteiger partial charge is 0.491 e. The van der Waals surface area contributed by atoms with Crippen LogP contribution in [0.1, 0.15) is 39.5 Å². The van der Waals surface area contributed by atoms with Gasteiger partial charge in [-0.05, 0) is 55.8 Å². The minimum Gasteiger partial charge on any atom is -0.491 e. The Morgan fingerprint density at radius 1 is 0.938 bits per heavy atom. The lowest BCUT2D eigenvalue weighted by atomic mass is 10.1. The number of rotatable bonds is 4. The number of aryl methyl sites for hydroxylation is 2. The molecule has 32 heavy (non-hydrogen) atoms. The topological polar surface area (TPSA) is 49.9 Å². The Balaban J connectivity index is 1.56. The molecule has 1 aliphatic heterocycles. The zero-order valence-corrected chi connectivity index (χ0v) is 18.8. The highest BCUT2D eigenvalue weighted by molar-refractivity contribution is 5.94. The first-order valence-electron chi connectivity index (χ1n) is 10.9. The number of anilines is 1. The molecule has 0 bridgehead atoms. The summed E-state index contributed by atoms with van der Waals surface area (Å²) in [6.07, 6.45) is 0. The number of nitrogens with zero attached hydrogens (tertiary/aromatic N) is 2. The second kappa shape index (κ2) is 9.27. The third-order valence-electron chi connectivity index (χ3n) is 5.76. The van der Waals surface area contributed by atoms with E-state index in [1.165, 1.54) is 0 Å². The van der Waals surface area contributed by atoms with Crippen molar-refractivity contribution in [2.24, 2.45) is 0 Å². The van der Waals surface area contributed by atoms with Crippen molar-refractivity contribution in [2.45, 2.75) is 33.9 Å². The number of hydrogen-bond donors (Lipinski definition) is 0. The van der Waals surface area contributed by atoms with Gasteiger partial charge in [-0.15, -0.1) is 0 Å². The second-order valence-corrected chi connectivity index (χ2v) is 8.32. The van der Waals surface area contributed by atoms with E-state index in [0.717, 1.165) is 33.7 Å². The monoisotopic (exact) mass is 428 g/mol. The Morgan fingerprint density at radius 3 is 2.25 bits per heavy atom. The van der Waals surface area contributed by atoms with Gasteiger partial charge in [-0.1, -0.05) is 41.5 Å². The molecule has 0 unspecified atom stereocenters. The van der Waals surface area contributed by atoms with Crippen molar-refractivity contribution in [1.29, 1.82) is 0 Å². The third-order valence-corrected chi connectivity index (χ3v) is 5.76. The molecule has 0 spiro atoms. The van der Waals surface area contributed by atoms with Crippen molar-refractivity contribution >= 4 is 17.5 Å². The van der Waals surface area contributed by atoms with Crippen LogP contribution in [-0.4, -0.2) is 29.9 Å². The number of hydrogen-bond acceptors (Lipinski definition) is 3. The highest BCUT2D eigenvalue weighted by atomic mass is 16.5. The van der Waals surface area contributed by atoms with Crippen LogP contribution in [0.5, 0.6) is 5.75 Å². The standard InChI is InChI=1S/C27H28N2O3/c1-19-4-9-23(10-5-19)27(31)28-14-15-32-26-13-8-22(16-24(26)18-28)17-29(21(3)30)25-11-6-20(2)7-12-25/h4-13,16H,14-15,17-18H2,1-3H3. The van der Waals surface area contributed by atoms with E-state index in [0.29, 0.717) is 31.8 Å². The van der Waals surface area contributed by atoms with Gasteiger partial charge in [0.2, 0.25) is 5.91 Å². The molecule has 0 aromatic heterocycles. The summed E-state index contributed by atoms with van der Waals surface area (Å²) in [4.78, 5) is 29.0. The maximum atomic E-state index is 13.1. The SMILES string of the molecule is CC(=O)N(Cc1ccc2c(c1)CN(C(=O)c1ccc(C)cc1)CCO2)c1ccc(C)cc1. The maximum Gasteiger partial charge on any atom is 0.254 e. The normalized spacial score (nSPS) is 13.0. The van der Waals surface area contributed by atoms with Crippen LogP contribution in [0.25, 0.3) is 0 Å². The highest BCUT2D eigenvalue weighted by Gasteiger charge is 2.22. The Kier molecular flexibility index (Phi) is 6.26. The molecule has 0 radical (unpaired) electrons. The van der Waals surface area contributed by atoms with Gasteiger partial charge >= 0.3 is 0 Å². The van der Waals surface area contributed by atoms with Crippen LogP contribution in [0.15, 0.2) is 66.7 Å². The zero-order chi connectivity index (χ0) is 22.7. The quantitative estimate of drug-likeness (QED) is 0.594. The Labute approximate surface area is 189 Å². The molecule has 0 atom stereocenters. The summed E-state index contributed by atoms with van der Waals surface area (Å²) in [6.45, 7) is 7.52. The molecule has 0 saturated carbocycles. The molecule has 1 heterocycles. The van der Waals surface area contributed by atoms with Gasteiger partial charge in [-0.2, -0.15) is 0 Å². The zero-order valence-electron chi connectivity index (χ0n) is 18.8. The number of carbonyl (C=O) groups is 2. The average Bonchev–Trinajstić information content (AvgIpc) is 3.00. The van der Waals surface area contributed by atoms with Crippen LogP contribution < -0.4 is 9.64 Å². The minimum absolute atomic E-state index is 0.00290. The van der Waals surface area contributed by atoms with Crippen LogP contribution in [-0.2, 0) is 17.9 Å². The lowest BCUT2D eigenvalue weighted by Crippen LogP contribution is -2.32. The lowest BCUT2D eigenvalue weighted by molar-refractivity contribution is -0.116. The van der Waals surface area contributed by atoms with Crippen molar-refractivity contribution in [3.05, 3.63) is 94.5 Å². The van der Waals surface area contributed by atoms with Gasteiger partial charge in [0, 0.05) is 30.3 Å². The van der Waals surface area contributed by atoms with Gasteiger partial charge in [0.25, 0.3) is 5.91 Å². The third kappa shape index (κ3) is 4.83. The molecule has 3 aromatic rings. The first-order valence-corrected chi connectivity index (χ1v) is 10.9. The Hall–Kier alpha value is -3.60. The van der Waals surface area contributed by atoms with Gasteiger partial charge in [0.1, 0.15) is 12.4 Å². The molecule has 0 aliphatic carbocycles. The first kappa shape index (κ1) is 21.6. The predicted octanol–water partition coefficient (Wildman–Crippen LogP) is 4.89. The molecular weight excluding hydrogens is 400 g/mol. The van der Waals surface area contributed by atoms with Crippen LogP contribution in [0.4, 0.5) is 5.69 Å². The molecule has 0 saturated heterocycles. The summed E-state index contributed by atoms with van der Waals surface area (Å²) in [5, 5.41) is 0. The summed E-state index contributed by atoms with van der Waals surface area (Å²) in [6, 6.07) is 21.6. The Morgan fingerprint density at radius 2 is 1.59 bits per heavy atom. The number of benzene rings is 3. The van der Waals surface area contributed by atoms with Gasteiger partial charge in [-0.3, -0.25) is 9.59 Å². The number of carbonyl (C=O) groups excluding carboxylic acids is 2. The summed E-state index contributed by atoms with van der Waals surface area (Å²) < 4.78 is 5.91. The highest BCUT2D eigenvalue weighted by Crippen LogP contribution is 2.27. The molecule has 5 nitrogen and oxygen atoms in total. The fourth-order valence-corrected chi connectivity index (χ4v) is 3.89. The summed E-state index contributed by atoms with van der Waals surface area (Å²) in [7, 11) is 0. The van der Waals surface area contributed by atoms with E-state index < -0.39 is 0 Å². The summed E-state index contributed by atoms with van der Waals surface area (Å²) >= 11 is 0. The first-order chi connectivity index (χ1) is 15.4. The predicted molar refractivity (Wildman–Crippen MR) is 126 cm³/mol. The van der Waals surface area contributed by atoms with Crippen molar-refractivity contribution in [3.63, 3.8) is 0 Å². The fourth-order valence-electron chi connectivity index (χ4n) is 3.89. The molecule has 2 amide bonds. The van der Waals surface area contributed by atoms with Gasteiger partial charge in [-0.25, -0.2) is 0 Å². The smallest absolute Gasteiger partial charge is 0.254 e. The summed E-state index contributed by atoms with van der Waals surface area (Å²) in [5.74, 6) is 0.769. The van der Waals surface area contributed by atoms with Crippen LogP contribution >= 0.6 is 0 Å². The van der Waals surface area contributed by atoms with E-state index in [4.69, 9.17) is 4.74 Å². The molecule has 1 aliphatic rings. The van der Waals surface area contributed by atoms with Crippen LogP contribution in [0.2, 0.25) is 0 Å². The van der Waals surface area contributed by atoms with Crippen molar-refractivity contribution in [1.82, 2.24) is 4.90 Å². The number of amides is 2. The van der Waals surface area contributed by atoms with Gasteiger partial charge in [0.05, 0.1) is 13.1 Å². The minimum atomic E-state index is -0.0174.